The number of alkyl halides is 3. The lowest BCUT2D eigenvalue weighted by Gasteiger charge is -2.13. The SMILES string of the molecule is CCCc1cc(C(F)(F)F)ccc1C/C(N)=C/Nc1nc(COC)c(C(=S)Nc2cc[nH+]cc2C)s1. The van der Waals surface area contributed by atoms with Crippen molar-refractivity contribution in [1.82, 2.24) is 4.98 Å². The highest BCUT2D eigenvalue weighted by atomic mass is 32.1. The summed E-state index contributed by atoms with van der Waals surface area (Å²) >= 11 is 6.98. The molecule has 0 saturated heterocycles. The molecular formula is C25H29F3N5OS2+. The molecule has 2 heterocycles. The molecule has 6 nitrogen and oxygen atoms in total. The average molecular weight is 537 g/mol. The molecule has 0 aliphatic rings. The third-order valence-electron chi connectivity index (χ3n) is 5.33. The Labute approximate surface area is 217 Å². The Morgan fingerprint density at radius 2 is 2.06 bits per heavy atom. The fraction of sp³-hybridized carbons (Fsp3) is 0.320. The Hall–Kier alpha value is -3.02. The van der Waals surface area contributed by atoms with Gasteiger partial charge in [0, 0.05) is 37.1 Å². The van der Waals surface area contributed by atoms with Gasteiger partial charge in [0.05, 0.1) is 28.4 Å². The number of nitrogens with one attached hydrogen (secondary N) is 3. The number of H-pyrrole nitrogens is 1. The molecule has 0 fully saturated rings. The van der Waals surface area contributed by atoms with E-state index < -0.39 is 11.7 Å². The summed E-state index contributed by atoms with van der Waals surface area (Å²) in [7, 11) is 1.58. The van der Waals surface area contributed by atoms with Crippen molar-refractivity contribution in [3.05, 3.63) is 81.4 Å². The van der Waals surface area contributed by atoms with E-state index in [0.29, 0.717) is 39.9 Å². The van der Waals surface area contributed by atoms with Crippen molar-refractivity contribution in [3.63, 3.8) is 0 Å². The summed E-state index contributed by atoms with van der Waals surface area (Å²) < 4.78 is 44.7. The molecule has 2 aromatic heterocycles. The topological polar surface area (TPSA) is 86.3 Å². The molecule has 0 bridgehead atoms. The summed E-state index contributed by atoms with van der Waals surface area (Å²) in [6, 6.07) is 5.71. The molecular weight excluding hydrogens is 507 g/mol. The zero-order valence-electron chi connectivity index (χ0n) is 20.3. The standard InChI is InChI=1S/C25H28F3N5OS2/c1-4-5-16-10-18(25(26,27)28)7-6-17(16)11-19(29)13-31-24-33-21(14-34-3)22(36-24)23(35)32-20-8-9-30-12-15(20)2/h6-10,12-13H,4-5,11,14,29H2,1-3H3,(H,31,33)(H,30,32,35)/p+1/b19-13-. The molecule has 192 valence electrons. The number of benzene rings is 1. The van der Waals surface area contributed by atoms with Gasteiger partial charge in [-0.25, -0.2) is 9.97 Å². The van der Waals surface area contributed by atoms with Crippen molar-refractivity contribution >= 4 is 39.4 Å². The van der Waals surface area contributed by atoms with E-state index in [2.05, 4.69) is 20.6 Å². The summed E-state index contributed by atoms with van der Waals surface area (Å²) in [6.45, 7) is 4.18. The summed E-state index contributed by atoms with van der Waals surface area (Å²) in [5.41, 5.74) is 10.0. The number of pyridine rings is 1. The molecule has 0 unspecified atom stereocenters. The largest absolute Gasteiger partial charge is 0.416 e. The monoisotopic (exact) mass is 536 g/mol. The van der Waals surface area contributed by atoms with Crippen molar-refractivity contribution in [2.24, 2.45) is 5.73 Å². The maximum atomic E-state index is 13.1. The highest BCUT2D eigenvalue weighted by molar-refractivity contribution is 7.81. The van der Waals surface area contributed by atoms with Crippen LogP contribution in [0.2, 0.25) is 0 Å². The zero-order valence-corrected chi connectivity index (χ0v) is 21.9. The number of anilines is 2. The molecule has 36 heavy (non-hydrogen) atoms. The smallest absolute Gasteiger partial charge is 0.401 e. The van der Waals surface area contributed by atoms with Crippen LogP contribution in [0.25, 0.3) is 0 Å². The molecule has 3 aromatic rings. The van der Waals surface area contributed by atoms with Crippen molar-refractivity contribution < 1.29 is 22.9 Å². The minimum atomic E-state index is -4.38. The van der Waals surface area contributed by atoms with Gasteiger partial charge in [0.15, 0.2) is 17.5 Å². The molecule has 5 N–H and O–H groups in total. The van der Waals surface area contributed by atoms with Crippen LogP contribution in [-0.4, -0.2) is 17.1 Å². The van der Waals surface area contributed by atoms with Gasteiger partial charge in [-0.3, -0.25) is 0 Å². The van der Waals surface area contributed by atoms with Crippen LogP contribution < -0.4 is 21.4 Å². The van der Waals surface area contributed by atoms with Crippen molar-refractivity contribution in [3.8, 4) is 0 Å². The molecule has 1 aromatic carbocycles. The third-order valence-corrected chi connectivity index (χ3v) is 6.81. The molecule has 11 heteroatoms. The van der Waals surface area contributed by atoms with Gasteiger partial charge in [0.2, 0.25) is 0 Å². The summed E-state index contributed by atoms with van der Waals surface area (Å²) in [4.78, 5) is 8.88. The second-order valence-corrected chi connectivity index (χ2v) is 9.60. The van der Waals surface area contributed by atoms with Crippen LogP contribution in [0.15, 0.2) is 48.6 Å². The van der Waals surface area contributed by atoms with Gasteiger partial charge in [0.25, 0.3) is 0 Å². The predicted octanol–water partition coefficient (Wildman–Crippen LogP) is 5.63. The molecule has 0 amide bonds. The van der Waals surface area contributed by atoms with Crippen LogP contribution in [0.3, 0.4) is 0 Å². The van der Waals surface area contributed by atoms with Crippen LogP contribution in [-0.2, 0) is 30.4 Å². The average Bonchev–Trinajstić information content (AvgIpc) is 3.23. The highest BCUT2D eigenvalue weighted by Crippen LogP contribution is 2.31. The second-order valence-electron chi connectivity index (χ2n) is 8.19. The third kappa shape index (κ3) is 7.25. The van der Waals surface area contributed by atoms with E-state index in [0.717, 1.165) is 34.2 Å². The van der Waals surface area contributed by atoms with E-state index in [4.69, 9.17) is 22.7 Å². The number of methoxy groups -OCH3 is 1. The van der Waals surface area contributed by atoms with E-state index in [1.807, 2.05) is 32.3 Å². The van der Waals surface area contributed by atoms with Crippen LogP contribution in [0.5, 0.6) is 0 Å². The first-order valence-corrected chi connectivity index (χ1v) is 12.5. The van der Waals surface area contributed by atoms with Gasteiger partial charge in [-0.15, -0.1) is 0 Å². The first-order chi connectivity index (χ1) is 17.1. The van der Waals surface area contributed by atoms with Crippen LogP contribution in [0.4, 0.5) is 24.0 Å². The summed E-state index contributed by atoms with van der Waals surface area (Å²) in [5, 5.41) is 6.91. The van der Waals surface area contributed by atoms with Gasteiger partial charge < -0.3 is 21.1 Å². The van der Waals surface area contributed by atoms with Crippen LogP contribution >= 0.6 is 23.6 Å². The quantitative estimate of drug-likeness (QED) is 0.292. The normalized spacial score (nSPS) is 12.0. The maximum Gasteiger partial charge on any atom is 0.416 e. The first-order valence-electron chi connectivity index (χ1n) is 11.3. The number of nitrogens with two attached hydrogens (primary N) is 1. The van der Waals surface area contributed by atoms with Crippen molar-refractivity contribution in [1.29, 1.82) is 0 Å². The number of thiazole rings is 1. The molecule has 0 saturated carbocycles. The Morgan fingerprint density at radius 1 is 1.28 bits per heavy atom. The number of thiocarbonyl (C=S) groups is 1. The molecule has 0 aliphatic carbocycles. The maximum absolute atomic E-state index is 13.1. The number of hydrogen-bond acceptors (Lipinski definition) is 6. The number of rotatable bonds is 10. The number of aromatic amines is 1. The number of ether oxygens (including phenoxy) is 1. The molecule has 0 radical (unpaired) electrons. The van der Waals surface area contributed by atoms with Crippen molar-refractivity contribution in [2.75, 3.05) is 17.7 Å². The number of nitrogens with zero attached hydrogens (tertiary/aromatic N) is 1. The second kappa shape index (κ2) is 12.3. The van der Waals surface area contributed by atoms with Gasteiger partial charge in [0.1, 0.15) is 4.99 Å². The lowest BCUT2D eigenvalue weighted by molar-refractivity contribution is -0.378. The Bertz CT molecular complexity index is 1240. The van der Waals surface area contributed by atoms with Gasteiger partial charge in [-0.2, -0.15) is 13.2 Å². The number of allylic oxidation sites excluding steroid dienone is 1. The van der Waals surface area contributed by atoms with Crippen LogP contribution in [0.1, 0.15) is 46.2 Å². The van der Waals surface area contributed by atoms with Crippen molar-refractivity contribution in [2.45, 2.75) is 45.9 Å². The van der Waals surface area contributed by atoms with E-state index in [1.54, 1.807) is 13.3 Å². The fourth-order valence-electron chi connectivity index (χ4n) is 3.56. The fourth-order valence-corrected chi connectivity index (χ4v) is 4.75. The number of hydrogen-bond donors (Lipinski definition) is 3. The minimum absolute atomic E-state index is 0.280. The van der Waals surface area contributed by atoms with Gasteiger partial charge in [-0.1, -0.05) is 43.0 Å². The number of aromatic nitrogens is 2. The number of aryl methyl sites for hydroxylation is 2. The van der Waals surface area contributed by atoms with E-state index in [-0.39, 0.29) is 6.61 Å². The summed E-state index contributed by atoms with van der Waals surface area (Å²) in [5.74, 6) is 0. The highest BCUT2D eigenvalue weighted by Gasteiger charge is 2.30. The minimum Gasteiger partial charge on any atom is -0.401 e. The lowest BCUT2D eigenvalue weighted by Crippen LogP contribution is -2.14. The molecule has 0 spiro atoms. The van der Waals surface area contributed by atoms with Crippen LogP contribution in [0, 0.1) is 6.92 Å². The van der Waals surface area contributed by atoms with E-state index in [1.165, 1.54) is 23.5 Å². The molecule has 0 atom stereocenters. The van der Waals surface area contributed by atoms with E-state index in [9.17, 15) is 13.2 Å². The van der Waals surface area contributed by atoms with Gasteiger partial charge in [-0.05, 0) is 36.6 Å². The predicted molar refractivity (Wildman–Crippen MR) is 141 cm³/mol. The van der Waals surface area contributed by atoms with E-state index >= 15 is 0 Å². The first kappa shape index (κ1) is 27.6. The van der Waals surface area contributed by atoms with Gasteiger partial charge >= 0.3 is 6.18 Å². The Kier molecular flexibility index (Phi) is 9.41. The lowest BCUT2D eigenvalue weighted by atomic mass is 9.97. The number of halogens is 3. The summed E-state index contributed by atoms with van der Waals surface area (Å²) in [6.07, 6.45) is 2.50. The molecule has 0 aliphatic heterocycles. The Morgan fingerprint density at radius 3 is 2.72 bits per heavy atom. The molecule has 3 rings (SSSR count). The zero-order chi connectivity index (χ0) is 26.3. The Balaban J connectivity index is 1.76.